The number of likely N-dealkylation sites (tertiary alicyclic amines) is 1. The summed E-state index contributed by atoms with van der Waals surface area (Å²) in [5.74, 6) is -0.109. The fraction of sp³-hybridized carbons (Fsp3) is 0.619. The molecule has 3 rings (SSSR count). The quantitative estimate of drug-likeness (QED) is 0.719. The van der Waals surface area contributed by atoms with Gasteiger partial charge in [-0.15, -0.1) is 0 Å². The number of fused-ring (bicyclic) bond motifs is 1. The van der Waals surface area contributed by atoms with Gasteiger partial charge in [-0.1, -0.05) is 30.3 Å². The van der Waals surface area contributed by atoms with Crippen molar-refractivity contribution in [2.45, 2.75) is 38.1 Å². The Labute approximate surface area is 173 Å². The molecule has 2 fully saturated rings. The van der Waals surface area contributed by atoms with Crippen molar-refractivity contribution >= 4 is 21.8 Å². The summed E-state index contributed by atoms with van der Waals surface area (Å²) < 4.78 is 26.1. The van der Waals surface area contributed by atoms with Crippen LogP contribution in [0.4, 0.5) is 0 Å². The van der Waals surface area contributed by atoms with E-state index in [1.54, 1.807) is 26.0 Å². The minimum absolute atomic E-state index is 0.0430. The number of amides is 2. The normalized spacial score (nSPS) is 26.6. The van der Waals surface area contributed by atoms with E-state index in [4.69, 9.17) is 0 Å². The summed E-state index contributed by atoms with van der Waals surface area (Å²) in [6.45, 7) is 0.774. The lowest BCUT2D eigenvalue weighted by molar-refractivity contribution is -0.152. The van der Waals surface area contributed by atoms with Crippen molar-refractivity contribution < 1.29 is 18.0 Å². The van der Waals surface area contributed by atoms with Gasteiger partial charge in [0.05, 0.1) is 11.2 Å². The summed E-state index contributed by atoms with van der Waals surface area (Å²) in [4.78, 5) is 29.3. The summed E-state index contributed by atoms with van der Waals surface area (Å²) in [5, 5.41) is 0. The largest absolute Gasteiger partial charge is 0.348 e. The average Bonchev–Trinajstić information content (AvgIpc) is 2.71. The monoisotopic (exact) mass is 421 g/mol. The van der Waals surface area contributed by atoms with Crippen molar-refractivity contribution in [1.29, 1.82) is 0 Å². The van der Waals surface area contributed by atoms with Crippen LogP contribution in [0.3, 0.4) is 0 Å². The van der Waals surface area contributed by atoms with Gasteiger partial charge in [0, 0.05) is 46.7 Å². The van der Waals surface area contributed by atoms with E-state index in [-0.39, 0.29) is 24.0 Å². The maximum Gasteiger partial charge on any atom is 0.231 e. The molecule has 2 amide bonds. The van der Waals surface area contributed by atoms with E-state index in [1.807, 2.05) is 18.2 Å². The Hall–Kier alpha value is -1.93. The maximum absolute atomic E-state index is 13.1. The summed E-state index contributed by atoms with van der Waals surface area (Å²) in [6, 6.07) is 9.67. The molecular formula is C21H31N3O4S. The van der Waals surface area contributed by atoms with Gasteiger partial charge >= 0.3 is 0 Å². The van der Waals surface area contributed by atoms with Crippen LogP contribution >= 0.6 is 0 Å². The molecule has 8 heteroatoms. The van der Waals surface area contributed by atoms with Crippen molar-refractivity contribution in [2.75, 3.05) is 40.0 Å². The first-order chi connectivity index (χ1) is 13.7. The van der Waals surface area contributed by atoms with Gasteiger partial charge in [0.1, 0.15) is 0 Å². The number of rotatable bonds is 5. The highest BCUT2D eigenvalue weighted by Gasteiger charge is 2.57. The van der Waals surface area contributed by atoms with Gasteiger partial charge in [-0.3, -0.25) is 9.59 Å². The summed E-state index contributed by atoms with van der Waals surface area (Å²) in [6.07, 6.45) is 2.77. The van der Waals surface area contributed by atoms with Crippen molar-refractivity contribution in [3.8, 4) is 0 Å². The van der Waals surface area contributed by atoms with Crippen LogP contribution in [0.5, 0.6) is 0 Å². The Bertz CT molecular complexity index is 856. The van der Waals surface area contributed by atoms with Gasteiger partial charge in [-0.05, 0) is 31.2 Å². The molecular weight excluding hydrogens is 390 g/mol. The number of hydrogen-bond donors (Lipinski definition) is 0. The minimum Gasteiger partial charge on any atom is -0.348 e. The molecule has 0 N–H and O–H groups in total. The molecule has 2 aliphatic rings. The number of hydrogen-bond acceptors (Lipinski definition) is 4. The lowest BCUT2D eigenvalue weighted by Crippen LogP contribution is -2.67. The SMILES string of the molecule is CN(C)C(=O)C12CCS(=O)(=O)N(C)C1CCN(C(=O)CCCc1ccccc1)C2. The molecule has 0 spiro atoms. The number of carbonyl (C=O) groups is 2. The molecule has 2 aliphatic heterocycles. The molecule has 0 saturated carbocycles. The van der Waals surface area contributed by atoms with Gasteiger partial charge in [0.15, 0.2) is 0 Å². The van der Waals surface area contributed by atoms with Crippen LogP contribution in [-0.2, 0) is 26.0 Å². The molecule has 0 radical (unpaired) electrons. The molecule has 0 bridgehead atoms. The molecule has 0 aliphatic carbocycles. The first-order valence-electron chi connectivity index (χ1n) is 10.2. The number of piperidine rings is 1. The Balaban J connectivity index is 1.72. The van der Waals surface area contributed by atoms with E-state index < -0.39 is 21.5 Å². The van der Waals surface area contributed by atoms with Gasteiger partial charge in [0.25, 0.3) is 0 Å². The highest BCUT2D eigenvalue weighted by molar-refractivity contribution is 7.89. The lowest BCUT2D eigenvalue weighted by Gasteiger charge is -2.53. The molecule has 2 saturated heterocycles. The van der Waals surface area contributed by atoms with Crippen molar-refractivity contribution in [2.24, 2.45) is 5.41 Å². The zero-order chi connectivity index (χ0) is 21.2. The highest BCUT2D eigenvalue weighted by atomic mass is 32.2. The van der Waals surface area contributed by atoms with E-state index in [0.29, 0.717) is 25.9 Å². The zero-order valence-corrected chi connectivity index (χ0v) is 18.3. The molecule has 2 unspecified atom stereocenters. The van der Waals surface area contributed by atoms with Gasteiger partial charge in [-0.2, -0.15) is 0 Å². The number of sulfonamides is 1. The first kappa shape index (κ1) is 21.8. The highest BCUT2D eigenvalue weighted by Crippen LogP contribution is 2.43. The molecule has 1 aromatic carbocycles. The third-order valence-electron chi connectivity index (χ3n) is 6.35. The summed E-state index contributed by atoms with van der Waals surface area (Å²) >= 11 is 0. The van der Waals surface area contributed by atoms with E-state index in [0.717, 1.165) is 12.8 Å². The predicted octanol–water partition coefficient (Wildman–Crippen LogP) is 1.35. The van der Waals surface area contributed by atoms with Crippen LogP contribution < -0.4 is 0 Å². The number of nitrogens with zero attached hydrogens (tertiary/aromatic N) is 3. The second-order valence-corrected chi connectivity index (χ2v) is 10.5. The standard InChI is InChI=1S/C21H31N3O4S/c1-22(2)20(26)21-13-15-29(27,28)23(3)18(21)12-14-24(16-21)19(25)11-7-10-17-8-5-4-6-9-17/h4-6,8-9,18H,7,10-16H2,1-3H3. The molecule has 7 nitrogen and oxygen atoms in total. The summed E-state index contributed by atoms with van der Waals surface area (Å²) in [7, 11) is 1.60. The predicted molar refractivity (Wildman–Crippen MR) is 112 cm³/mol. The van der Waals surface area contributed by atoms with Crippen molar-refractivity contribution in [3.05, 3.63) is 35.9 Å². The van der Waals surface area contributed by atoms with Crippen LogP contribution in [-0.4, -0.2) is 80.4 Å². The Kier molecular flexibility index (Phi) is 6.33. The topological polar surface area (TPSA) is 78.0 Å². The van der Waals surface area contributed by atoms with Gasteiger partial charge < -0.3 is 9.80 Å². The van der Waals surface area contributed by atoms with Gasteiger partial charge in [0.2, 0.25) is 21.8 Å². The fourth-order valence-corrected chi connectivity index (χ4v) is 6.33. The minimum atomic E-state index is -3.35. The molecule has 29 heavy (non-hydrogen) atoms. The second kappa shape index (κ2) is 8.44. The average molecular weight is 422 g/mol. The molecule has 1 aromatic rings. The van der Waals surface area contributed by atoms with Crippen LogP contribution in [0, 0.1) is 5.41 Å². The van der Waals surface area contributed by atoms with E-state index in [9.17, 15) is 18.0 Å². The number of aryl methyl sites for hydroxylation is 1. The van der Waals surface area contributed by atoms with E-state index >= 15 is 0 Å². The fourth-order valence-electron chi connectivity index (χ4n) is 4.73. The Morgan fingerprint density at radius 3 is 2.55 bits per heavy atom. The summed E-state index contributed by atoms with van der Waals surface area (Å²) in [5.41, 5.74) is 0.342. The molecule has 2 heterocycles. The van der Waals surface area contributed by atoms with E-state index in [2.05, 4.69) is 12.1 Å². The van der Waals surface area contributed by atoms with Crippen LogP contribution in [0.2, 0.25) is 0 Å². The smallest absolute Gasteiger partial charge is 0.231 e. The third kappa shape index (κ3) is 4.33. The van der Waals surface area contributed by atoms with E-state index in [1.165, 1.54) is 14.8 Å². The van der Waals surface area contributed by atoms with Crippen LogP contribution in [0.15, 0.2) is 30.3 Å². The second-order valence-electron chi connectivity index (χ2n) is 8.40. The molecule has 0 aromatic heterocycles. The Morgan fingerprint density at radius 2 is 1.90 bits per heavy atom. The van der Waals surface area contributed by atoms with Crippen LogP contribution in [0.1, 0.15) is 31.2 Å². The van der Waals surface area contributed by atoms with Crippen molar-refractivity contribution in [1.82, 2.24) is 14.1 Å². The van der Waals surface area contributed by atoms with Gasteiger partial charge in [-0.25, -0.2) is 12.7 Å². The lowest BCUT2D eigenvalue weighted by atomic mass is 9.72. The maximum atomic E-state index is 13.1. The first-order valence-corrected chi connectivity index (χ1v) is 11.8. The zero-order valence-electron chi connectivity index (χ0n) is 17.5. The van der Waals surface area contributed by atoms with Crippen LogP contribution in [0.25, 0.3) is 0 Å². The number of carbonyl (C=O) groups excluding carboxylic acids is 2. The van der Waals surface area contributed by atoms with Crippen molar-refractivity contribution in [3.63, 3.8) is 0 Å². The Morgan fingerprint density at radius 1 is 1.21 bits per heavy atom. The number of benzene rings is 1. The third-order valence-corrected chi connectivity index (χ3v) is 8.20. The molecule has 2 atom stereocenters. The molecule has 160 valence electrons.